The number of pyridine rings is 1. The van der Waals surface area contributed by atoms with Crippen molar-refractivity contribution in [2.75, 3.05) is 11.9 Å². The van der Waals surface area contributed by atoms with E-state index in [1.54, 1.807) is 37.3 Å². The van der Waals surface area contributed by atoms with Crippen LogP contribution in [0.2, 0.25) is 10.0 Å². The van der Waals surface area contributed by atoms with Gasteiger partial charge in [-0.1, -0.05) is 29.3 Å². The van der Waals surface area contributed by atoms with Crippen LogP contribution in [0.15, 0.2) is 36.9 Å². The highest BCUT2D eigenvalue weighted by molar-refractivity contribution is 7.21. The zero-order chi connectivity index (χ0) is 20.4. The molecule has 0 fully saturated rings. The Balaban J connectivity index is 2.12. The molecule has 0 bridgehead atoms. The number of carbonyl (C=O) groups is 2. The van der Waals surface area contributed by atoms with E-state index < -0.39 is 0 Å². The molecule has 3 aromatic rings. The first-order valence-corrected chi connectivity index (χ1v) is 9.96. The average molecular weight is 434 g/mol. The number of halogens is 2. The second kappa shape index (κ2) is 8.31. The van der Waals surface area contributed by atoms with Gasteiger partial charge < -0.3 is 10.6 Å². The summed E-state index contributed by atoms with van der Waals surface area (Å²) in [6.45, 7) is 7.56. The highest BCUT2D eigenvalue weighted by atomic mass is 35.5. The van der Waals surface area contributed by atoms with E-state index in [9.17, 15) is 9.59 Å². The van der Waals surface area contributed by atoms with Crippen LogP contribution in [-0.2, 0) is 0 Å². The predicted octanol–water partition coefficient (Wildman–Crippen LogP) is 5.39. The van der Waals surface area contributed by atoms with Gasteiger partial charge in [0.1, 0.15) is 9.71 Å². The summed E-state index contributed by atoms with van der Waals surface area (Å²) in [6.07, 6.45) is 1.59. The molecule has 0 unspecified atom stereocenters. The van der Waals surface area contributed by atoms with Crippen LogP contribution in [0.4, 0.5) is 5.69 Å². The Bertz CT molecular complexity index is 1090. The van der Waals surface area contributed by atoms with Crippen molar-refractivity contribution in [1.82, 2.24) is 10.3 Å². The molecular formula is C20H17Cl2N3O2S. The summed E-state index contributed by atoms with van der Waals surface area (Å²) in [5, 5.41) is 7.30. The zero-order valence-corrected chi connectivity index (χ0v) is 17.6. The lowest BCUT2D eigenvalue weighted by Gasteiger charge is -2.10. The molecule has 0 aliphatic rings. The summed E-state index contributed by atoms with van der Waals surface area (Å²) in [5.41, 5.74) is 2.24. The van der Waals surface area contributed by atoms with Crippen LogP contribution in [-0.4, -0.2) is 23.3 Å². The Kier molecular flexibility index (Phi) is 6.03. The summed E-state index contributed by atoms with van der Waals surface area (Å²) in [7, 11) is 0. The number of aryl methyl sites for hydroxylation is 2. The standard InChI is InChI=1S/C20H17Cl2N3O2S/c1-4-9-23-19(27)17-16(25-18(26)12-5-7-13(21)8-6-12)14-10(2)15(22)11(3)24-20(14)28-17/h4-8H,1,9H2,2-3H3,(H,23,27)(H,25,26). The molecule has 2 aromatic heterocycles. The summed E-state index contributed by atoms with van der Waals surface area (Å²) in [6, 6.07) is 6.50. The first-order valence-electron chi connectivity index (χ1n) is 8.38. The SMILES string of the molecule is C=CCNC(=O)c1sc2nc(C)c(Cl)c(C)c2c1NC(=O)c1ccc(Cl)cc1. The number of thiophene rings is 1. The van der Waals surface area contributed by atoms with E-state index in [0.29, 0.717) is 48.6 Å². The molecule has 0 spiro atoms. The average Bonchev–Trinajstić information content (AvgIpc) is 3.02. The molecule has 3 rings (SSSR count). The molecule has 0 aliphatic heterocycles. The number of carbonyl (C=O) groups excluding carboxylic acids is 2. The molecular weight excluding hydrogens is 417 g/mol. The van der Waals surface area contributed by atoms with Crippen LogP contribution >= 0.6 is 34.5 Å². The summed E-state index contributed by atoms with van der Waals surface area (Å²) >= 11 is 13.5. The van der Waals surface area contributed by atoms with Gasteiger partial charge >= 0.3 is 0 Å². The minimum atomic E-state index is -0.356. The van der Waals surface area contributed by atoms with Gasteiger partial charge in [0, 0.05) is 22.5 Å². The Morgan fingerprint density at radius 3 is 2.50 bits per heavy atom. The maximum atomic E-state index is 12.8. The summed E-state index contributed by atoms with van der Waals surface area (Å²) in [4.78, 5) is 30.9. The molecule has 28 heavy (non-hydrogen) atoms. The molecule has 0 aliphatic carbocycles. The van der Waals surface area contributed by atoms with Crippen molar-refractivity contribution in [1.29, 1.82) is 0 Å². The van der Waals surface area contributed by atoms with Crippen molar-refractivity contribution >= 4 is 62.3 Å². The lowest BCUT2D eigenvalue weighted by atomic mass is 10.1. The van der Waals surface area contributed by atoms with Gasteiger partial charge in [0.15, 0.2) is 0 Å². The number of anilines is 1. The van der Waals surface area contributed by atoms with Crippen molar-refractivity contribution in [3.05, 3.63) is 68.7 Å². The molecule has 0 saturated carbocycles. The molecule has 1 aromatic carbocycles. The minimum Gasteiger partial charge on any atom is -0.348 e. The van der Waals surface area contributed by atoms with E-state index in [4.69, 9.17) is 23.2 Å². The third kappa shape index (κ3) is 3.90. The highest BCUT2D eigenvalue weighted by Crippen LogP contribution is 2.40. The van der Waals surface area contributed by atoms with Gasteiger partial charge in [0.05, 0.1) is 16.4 Å². The molecule has 0 saturated heterocycles. The van der Waals surface area contributed by atoms with E-state index >= 15 is 0 Å². The van der Waals surface area contributed by atoms with Crippen molar-refractivity contribution in [3.8, 4) is 0 Å². The molecule has 2 heterocycles. The number of hydrogen-bond acceptors (Lipinski definition) is 4. The number of nitrogens with zero attached hydrogens (tertiary/aromatic N) is 1. The van der Waals surface area contributed by atoms with Crippen molar-refractivity contribution in [2.24, 2.45) is 0 Å². The maximum absolute atomic E-state index is 12.8. The number of nitrogens with one attached hydrogen (secondary N) is 2. The normalized spacial score (nSPS) is 10.7. The molecule has 0 atom stereocenters. The summed E-state index contributed by atoms with van der Waals surface area (Å²) in [5.74, 6) is -0.673. The number of aromatic nitrogens is 1. The van der Waals surface area contributed by atoms with E-state index in [1.165, 1.54) is 11.3 Å². The Morgan fingerprint density at radius 1 is 1.18 bits per heavy atom. The number of rotatable bonds is 5. The first-order chi connectivity index (χ1) is 13.3. The van der Waals surface area contributed by atoms with Gasteiger partial charge in [-0.2, -0.15) is 0 Å². The molecule has 8 heteroatoms. The van der Waals surface area contributed by atoms with Gasteiger partial charge in [-0.3, -0.25) is 9.59 Å². The Hall–Kier alpha value is -2.41. The molecule has 5 nitrogen and oxygen atoms in total. The van der Waals surface area contributed by atoms with Gasteiger partial charge in [-0.05, 0) is 43.7 Å². The number of amides is 2. The van der Waals surface area contributed by atoms with E-state index in [0.717, 1.165) is 5.56 Å². The van der Waals surface area contributed by atoms with Crippen LogP contribution in [0.1, 0.15) is 31.3 Å². The second-order valence-corrected chi connectivity index (χ2v) is 7.90. The number of hydrogen-bond donors (Lipinski definition) is 2. The van der Waals surface area contributed by atoms with Gasteiger partial charge in [0.25, 0.3) is 11.8 Å². The number of fused-ring (bicyclic) bond motifs is 1. The fourth-order valence-electron chi connectivity index (χ4n) is 2.74. The third-order valence-electron chi connectivity index (χ3n) is 4.14. The molecule has 144 valence electrons. The van der Waals surface area contributed by atoms with Gasteiger partial charge in [-0.25, -0.2) is 4.98 Å². The smallest absolute Gasteiger partial charge is 0.263 e. The van der Waals surface area contributed by atoms with Crippen LogP contribution < -0.4 is 10.6 Å². The fourth-order valence-corrected chi connectivity index (χ4v) is 4.16. The van der Waals surface area contributed by atoms with Gasteiger partial charge in [-0.15, -0.1) is 17.9 Å². The van der Waals surface area contributed by atoms with Crippen LogP contribution in [0, 0.1) is 13.8 Å². The van der Waals surface area contributed by atoms with Crippen molar-refractivity contribution in [3.63, 3.8) is 0 Å². The fraction of sp³-hybridized carbons (Fsp3) is 0.150. The van der Waals surface area contributed by atoms with Crippen LogP contribution in [0.3, 0.4) is 0 Å². The lowest BCUT2D eigenvalue weighted by molar-refractivity contribution is 0.0963. The molecule has 0 radical (unpaired) electrons. The minimum absolute atomic E-state index is 0.309. The topological polar surface area (TPSA) is 71.1 Å². The van der Waals surface area contributed by atoms with E-state index in [-0.39, 0.29) is 11.8 Å². The van der Waals surface area contributed by atoms with E-state index in [1.807, 2.05) is 6.92 Å². The largest absolute Gasteiger partial charge is 0.348 e. The molecule has 2 amide bonds. The van der Waals surface area contributed by atoms with Crippen molar-refractivity contribution < 1.29 is 9.59 Å². The predicted molar refractivity (Wildman–Crippen MR) is 116 cm³/mol. The van der Waals surface area contributed by atoms with Crippen molar-refractivity contribution in [2.45, 2.75) is 13.8 Å². The highest BCUT2D eigenvalue weighted by Gasteiger charge is 2.24. The number of benzene rings is 1. The lowest BCUT2D eigenvalue weighted by Crippen LogP contribution is -2.24. The van der Waals surface area contributed by atoms with Crippen LogP contribution in [0.25, 0.3) is 10.2 Å². The monoisotopic (exact) mass is 433 g/mol. The zero-order valence-electron chi connectivity index (χ0n) is 15.2. The first kappa shape index (κ1) is 20.3. The second-order valence-electron chi connectivity index (χ2n) is 6.08. The van der Waals surface area contributed by atoms with E-state index in [2.05, 4.69) is 22.2 Å². The maximum Gasteiger partial charge on any atom is 0.263 e. The summed E-state index contributed by atoms with van der Waals surface area (Å²) < 4.78 is 0. The third-order valence-corrected chi connectivity index (χ3v) is 6.03. The Morgan fingerprint density at radius 2 is 1.86 bits per heavy atom. The van der Waals surface area contributed by atoms with Crippen LogP contribution in [0.5, 0.6) is 0 Å². The molecule has 2 N–H and O–H groups in total. The van der Waals surface area contributed by atoms with Gasteiger partial charge in [0.2, 0.25) is 0 Å². The Labute approximate surface area is 176 Å². The quantitative estimate of drug-likeness (QED) is 0.529.